The predicted molar refractivity (Wildman–Crippen MR) is 86.4 cm³/mol. The Kier molecular flexibility index (Phi) is 4.94. The first-order chi connectivity index (χ1) is 11.4. The van der Waals surface area contributed by atoms with Gasteiger partial charge in [0.15, 0.2) is 0 Å². The number of benzene rings is 1. The molecule has 0 atom stereocenters. The van der Waals surface area contributed by atoms with E-state index in [0.29, 0.717) is 12.5 Å². The van der Waals surface area contributed by atoms with Gasteiger partial charge >= 0.3 is 6.18 Å². The summed E-state index contributed by atoms with van der Waals surface area (Å²) in [5.41, 5.74) is 0.166. The molecule has 1 aromatic heterocycles. The zero-order valence-corrected chi connectivity index (χ0v) is 13.8. The molecule has 3 nitrogen and oxygen atoms in total. The molecule has 1 aliphatic heterocycles. The van der Waals surface area contributed by atoms with E-state index in [-0.39, 0.29) is 0 Å². The third-order valence-corrected chi connectivity index (χ3v) is 4.75. The van der Waals surface area contributed by atoms with Crippen LogP contribution in [-0.2, 0) is 19.3 Å². The standard InChI is InChI=1S/C18H22F3N3/c1-14-22-7-10-24(14)13-15-5-8-23(9-6-15)12-16-3-2-4-17(11-16)18(19,20)21/h2-4,7,10-11,15H,5-6,8-9,12-13H2,1H3. The van der Waals surface area contributed by atoms with E-state index in [1.807, 2.05) is 19.3 Å². The molecule has 1 saturated heterocycles. The summed E-state index contributed by atoms with van der Waals surface area (Å²) in [5.74, 6) is 1.64. The molecule has 0 amide bonds. The number of hydrogen-bond acceptors (Lipinski definition) is 2. The van der Waals surface area contributed by atoms with Gasteiger partial charge in [-0.15, -0.1) is 0 Å². The van der Waals surface area contributed by atoms with E-state index in [4.69, 9.17) is 0 Å². The lowest BCUT2D eigenvalue weighted by atomic mass is 9.96. The number of piperidine rings is 1. The van der Waals surface area contributed by atoms with Crippen molar-refractivity contribution in [1.29, 1.82) is 0 Å². The van der Waals surface area contributed by atoms with Crippen LogP contribution in [0, 0.1) is 12.8 Å². The number of imidazole rings is 1. The van der Waals surface area contributed by atoms with Crippen molar-refractivity contribution >= 4 is 0 Å². The predicted octanol–water partition coefficient (Wildman–Crippen LogP) is 4.12. The highest BCUT2D eigenvalue weighted by atomic mass is 19.4. The van der Waals surface area contributed by atoms with E-state index in [9.17, 15) is 13.2 Å². The highest BCUT2D eigenvalue weighted by molar-refractivity contribution is 5.25. The van der Waals surface area contributed by atoms with Gasteiger partial charge in [-0.05, 0) is 50.4 Å². The maximum atomic E-state index is 12.8. The van der Waals surface area contributed by atoms with Crippen molar-refractivity contribution in [2.24, 2.45) is 5.92 Å². The van der Waals surface area contributed by atoms with E-state index >= 15 is 0 Å². The van der Waals surface area contributed by atoms with Crippen molar-refractivity contribution in [3.63, 3.8) is 0 Å². The Bertz CT molecular complexity index is 670. The number of rotatable bonds is 4. The van der Waals surface area contributed by atoms with Gasteiger partial charge in [0.05, 0.1) is 5.56 Å². The Balaban J connectivity index is 1.53. The summed E-state index contributed by atoms with van der Waals surface area (Å²) in [7, 11) is 0. The quantitative estimate of drug-likeness (QED) is 0.837. The first-order valence-electron chi connectivity index (χ1n) is 8.28. The molecule has 0 N–H and O–H groups in total. The number of hydrogen-bond donors (Lipinski definition) is 0. The molecule has 1 aromatic carbocycles. The van der Waals surface area contributed by atoms with Crippen molar-refractivity contribution < 1.29 is 13.2 Å². The average Bonchev–Trinajstić information content (AvgIpc) is 2.94. The van der Waals surface area contributed by atoms with E-state index in [1.54, 1.807) is 6.07 Å². The molecule has 130 valence electrons. The maximum Gasteiger partial charge on any atom is 0.416 e. The minimum atomic E-state index is -4.27. The Hall–Kier alpha value is -1.82. The van der Waals surface area contributed by atoms with Crippen molar-refractivity contribution in [3.8, 4) is 0 Å². The van der Waals surface area contributed by atoms with Gasteiger partial charge < -0.3 is 4.57 Å². The first-order valence-corrected chi connectivity index (χ1v) is 8.28. The van der Waals surface area contributed by atoms with Crippen LogP contribution in [0.3, 0.4) is 0 Å². The lowest BCUT2D eigenvalue weighted by Crippen LogP contribution is -2.34. The van der Waals surface area contributed by atoms with Crippen LogP contribution >= 0.6 is 0 Å². The largest absolute Gasteiger partial charge is 0.416 e. The molecule has 0 aliphatic carbocycles. The van der Waals surface area contributed by atoms with Crippen LogP contribution in [-0.4, -0.2) is 27.5 Å². The fourth-order valence-corrected chi connectivity index (χ4v) is 3.31. The first kappa shape index (κ1) is 17.0. The lowest BCUT2D eigenvalue weighted by molar-refractivity contribution is -0.137. The lowest BCUT2D eigenvalue weighted by Gasteiger charge is -2.32. The van der Waals surface area contributed by atoms with Gasteiger partial charge in [-0.25, -0.2) is 4.98 Å². The van der Waals surface area contributed by atoms with Crippen molar-refractivity contribution in [2.45, 2.75) is 39.0 Å². The molecule has 0 spiro atoms. The normalized spacial score (nSPS) is 17.3. The second-order valence-corrected chi connectivity index (χ2v) is 6.54. The summed E-state index contributed by atoms with van der Waals surface area (Å²) in [4.78, 5) is 6.48. The second kappa shape index (κ2) is 6.97. The van der Waals surface area contributed by atoms with Crippen molar-refractivity contribution in [3.05, 3.63) is 53.6 Å². The van der Waals surface area contributed by atoms with E-state index in [0.717, 1.165) is 49.9 Å². The number of likely N-dealkylation sites (tertiary alicyclic amines) is 1. The fourth-order valence-electron chi connectivity index (χ4n) is 3.31. The van der Waals surface area contributed by atoms with Gasteiger partial charge in [-0.2, -0.15) is 13.2 Å². The molecule has 2 aromatic rings. The fraction of sp³-hybridized carbons (Fsp3) is 0.500. The van der Waals surface area contributed by atoms with Crippen LogP contribution in [0.4, 0.5) is 13.2 Å². The van der Waals surface area contributed by atoms with E-state index in [1.165, 1.54) is 12.1 Å². The minimum Gasteiger partial charge on any atom is -0.335 e. The zero-order chi connectivity index (χ0) is 17.2. The number of aromatic nitrogens is 2. The topological polar surface area (TPSA) is 21.1 Å². The smallest absolute Gasteiger partial charge is 0.335 e. The third-order valence-electron chi connectivity index (χ3n) is 4.75. The third kappa shape index (κ3) is 4.17. The summed E-state index contributed by atoms with van der Waals surface area (Å²) < 4.78 is 40.5. The maximum absolute atomic E-state index is 12.8. The monoisotopic (exact) mass is 337 g/mol. The van der Waals surface area contributed by atoms with Crippen LogP contribution < -0.4 is 0 Å². The molecule has 24 heavy (non-hydrogen) atoms. The number of alkyl halides is 3. The molecule has 3 rings (SSSR count). The van der Waals surface area contributed by atoms with Gasteiger partial charge in [0.2, 0.25) is 0 Å². The summed E-state index contributed by atoms with van der Waals surface area (Å²) in [5, 5.41) is 0. The minimum absolute atomic E-state index is 0.564. The average molecular weight is 337 g/mol. The molecule has 1 aliphatic rings. The molecular weight excluding hydrogens is 315 g/mol. The van der Waals surface area contributed by atoms with Gasteiger partial charge in [0.1, 0.15) is 5.82 Å². The molecular formula is C18H22F3N3. The van der Waals surface area contributed by atoms with Crippen molar-refractivity contribution in [2.75, 3.05) is 13.1 Å². The summed E-state index contributed by atoms with van der Waals surface area (Å²) in [6, 6.07) is 5.66. The summed E-state index contributed by atoms with van der Waals surface area (Å²) >= 11 is 0. The number of halogens is 3. The van der Waals surface area contributed by atoms with Crippen LogP contribution in [0.15, 0.2) is 36.7 Å². The number of aryl methyl sites for hydroxylation is 1. The Morgan fingerprint density at radius 3 is 2.58 bits per heavy atom. The van der Waals surface area contributed by atoms with Crippen LogP contribution in [0.2, 0.25) is 0 Å². The molecule has 2 heterocycles. The van der Waals surface area contributed by atoms with Crippen LogP contribution in [0.5, 0.6) is 0 Å². The molecule has 1 fully saturated rings. The van der Waals surface area contributed by atoms with Gasteiger partial charge in [0, 0.05) is 25.5 Å². The molecule has 0 radical (unpaired) electrons. The summed E-state index contributed by atoms with van der Waals surface area (Å²) in [6.45, 7) is 5.41. The zero-order valence-electron chi connectivity index (χ0n) is 13.8. The van der Waals surface area contributed by atoms with Gasteiger partial charge in [-0.3, -0.25) is 4.90 Å². The Morgan fingerprint density at radius 1 is 1.21 bits per heavy atom. The second-order valence-electron chi connectivity index (χ2n) is 6.54. The SMILES string of the molecule is Cc1nccn1CC1CCN(Cc2cccc(C(F)(F)F)c2)CC1. The Morgan fingerprint density at radius 2 is 1.96 bits per heavy atom. The highest BCUT2D eigenvalue weighted by Gasteiger charge is 2.30. The molecule has 0 bridgehead atoms. The van der Waals surface area contributed by atoms with Crippen molar-refractivity contribution in [1.82, 2.24) is 14.5 Å². The molecule has 0 saturated carbocycles. The Labute approximate surface area is 140 Å². The van der Waals surface area contributed by atoms with E-state index in [2.05, 4.69) is 14.5 Å². The number of nitrogens with zero attached hydrogens (tertiary/aromatic N) is 3. The van der Waals surface area contributed by atoms with E-state index < -0.39 is 11.7 Å². The van der Waals surface area contributed by atoms with Crippen LogP contribution in [0.1, 0.15) is 29.8 Å². The molecule has 0 unspecified atom stereocenters. The summed E-state index contributed by atoms with van der Waals surface area (Å²) in [6.07, 6.45) is 1.68. The van der Waals surface area contributed by atoms with Gasteiger partial charge in [0.25, 0.3) is 0 Å². The highest BCUT2D eigenvalue weighted by Crippen LogP contribution is 2.30. The van der Waals surface area contributed by atoms with Gasteiger partial charge in [-0.1, -0.05) is 18.2 Å². The molecule has 6 heteroatoms. The van der Waals surface area contributed by atoms with Crippen LogP contribution in [0.25, 0.3) is 0 Å².